The maximum absolute atomic E-state index is 5.57. The van der Waals surface area contributed by atoms with Gasteiger partial charge in [-0.15, -0.1) is 0 Å². The van der Waals surface area contributed by atoms with E-state index < -0.39 is 0 Å². The zero-order chi connectivity index (χ0) is 22.7. The minimum atomic E-state index is 0.833. The first-order chi connectivity index (χ1) is 15.5. The SMILES string of the molecule is C=C(c1cncc(-c2cnc3[nH]cc(-c4ccccc4OC)c3c2)c1)N(C)CCN(C)C. The molecule has 164 valence electrons. The van der Waals surface area contributed by atoms with Crippen LogP contribution in [0.1, 0.15) is 5.56 Å². The lowest BCUT2D eigenvalue weighted by atomic mass is 10.0. The lowest BCUT2D eigenvalue weighted by Gasteiger charge is -2.23. The number of rotatable bonds is 8. The summed E-state index contributed by atoms with van der Waals surface area (Å²) in [5.41, 5.74) is 6.89. The fourth-order valence-electron chi connectivity index (χ4n) is 3.71. The third-order valence-corrected chi connectivity index (χ3v) is 5.68. The molecule has 0 amide bonds. The number of hydrogen-bond acceptors (Lipinski definition) is 5. The zero-order valence-electron chi connectivity index (χ0n) is 19.1. The molecule has 32 heavy (non-hydrogen) atoms. The van der Waals surface area contributed by atoms with Crippen LogP contribution >= 0.6 is 0 Å². The Hall–Kier alpha value is -3.64. The molecule has 3 aromatic heterocycles. The molecule has 1 N–H and O–H groups in total. The number of pyridine rings is 2. The number of benzene rings is 1. The summed E-state index contributed by atoms with van der Waals surface area (Å²) < 4.78 is 5.57. The molecule has 6 heteroatoms. The van der Waals surface area contributed by atoms with Crippen LogP contribution in [0.25, 0.3) is 39.0 Å². The molecule has 3 heterocycles. The molecule has 6 nitrogen and oxygen atoms in total. The summed E-state index contributed by atoms with van der Waals surface area (Å²) in [5, 5.41) is 1.04. The van der Waals surface area contributed by atoms with E-state index in [0.717, 1.165) is 63.4 Å². The Kier molecular flexibility index (Phi) is 6.23. The Morgan fingerprint density at radius 2 is 1.78 bits per heavy atom. The van der Waals surface area contributed by atoms with E-state index >= 15 is 0 Å². The van der Waals surface area contributed by atoms with Crippen LogP contribution in [0, 0.1) is 0 Å². The first-order valence-electron chi connectivity index (χ1n) is 10.6. The lowest BCUT2D eigenvalue weighted by Crippen LogP contribution is -2.27. The smallest absolute Gasteiger partial charge is 0.137 e. The Labute approximate surface area is 189 Å². The number of nitrogens with zero attached hydrogens (tertiary/aromatic N) is 4. The van der Waals surface area contributed by atoms with Gasteiger partial charge in [-0.3, -0.25) is 4.98 Å². The predicted molar refractivity (Wildman–Crippen MR) is 132 cm³/mol. The standard InChI is InChI=1S/C26H29N5O/c1-18(31(4)11-10-30(2)3)19-12-20(15-27-14-19)21-13-23-24(17-29-26(23)28-16-21)22-8-6-7-9-25(22)32-5/h6-9,12-17H,1,10-11H2,2-5H3,(H,28,29). The van der Waals surface area contributed by atoms with Crippen molar-refractivity contribution in [3.05, 3.63) is 73.3 Å². The highest BCUT2D eigenvalue weighted by Crippen LogP contribution is 2.36. The van der Waals surface area contributed by atoms with Crippen molar-refractivity contribution < 1.29 is 4.74 Å². The van der Waals surface area contributed by atoms with Gasteiger partial charge in [-0.25, -0.2) is 4.98 Å². The minimum Gasteiger partial charge on any atom is -0.496 e. The molecule has 0 fully saturated rings. The van der Waals surface area contributed by atoms with Gasteiger partial charge in [0.2, 0.25) is 0 Å². The van der Waals surface area contributed by atoms with Gasteiger partial charge < -0.3 is 19.5 Å². The molecule has 0 aliphatic rings. The number of hydrogen-bond donors (Lipinski definition) is 1. The maximum Gasteiger partial charge on any atom is 0.137 e. The highest BCUT2D eigenvalue weighted by molar-refractivity contribution is 5.97. The number of fused-ring (bicyclic) bond motifs is 1. The van der Waals surface area contributed by atoms with Gasteiger partial charge in [0.25, 0.3) is 0 Å². The monoisotopic (exact) mass is 427 g/mol. The molecule has 4 aromatic rings. The van der Waals surface area contributed by atoms with Crippen LogP contribution in [0.4, 0.5) is 0 Å². The molecule has 4 rings (SSSR count). The second kappa shape index (κ2) is 9.24. The second-order valence-corrected chi connectivity index (χ2v) is 8.16. The van der Waals surface area contributed by atoms with Crippen molar-refractivity contribution in [2.24, 2.45) is 0 Å². The van der Waals surface area contributed by atoms with E-state index in [2.05, 4.69) is 70.7 Å². The van der Waals surface area contributed by atoms with Gasteiger partial charge >= 0.3 is 0 Å². The average molecular weight is 428 g/mol. The minimum absolute atomic E-state index is 0.833. The van der Waals surface area contributed by atoms with E-state index in [1.165, 1.54) is 0 Å². The van der Waals surface area contributed by atoms with Crippen LogP contribution in [0.2, 0.25) is 0 Å². The summed E-state index contributed by atoms with van der Waals surface area (Å²) in [7, 11) is 7.90. The highest BCUT2D eigenvalue weighted by Gasteiger charge is 2.13. The largest absolute Gasteiger partial charge is 0.496 e. The van der Waals surface area contributed by atoms with Gasteiger partial charge in [-0.2, -0.15) is 0 Å². The summed E-state index contributed by atoms with van der Waals surface area (Å²) in [6.45, 7) is 6.14. The predicted octanol–water partition coefficient (Wildman–Crippen LogP) is 4.76. The number of aromatic amines is 1. The van der Waals surface area contributed by atoms with Crippen LogP contribution < -0.4 is 4.74 Å². The molecule has 0 spiro atoms. The normalized spacial score (nSPS) is 11.2. The van der Waals surface area contributed by atoms with Gasteiger partial charge in [0.15, 0.2) is 0 Å². The third kappa shape index (κ3) is 4.36. The van der Waals surface area contributed by atoms with Gasteiger partial charge in [0.1, 0.15) is 11.4 Å². The van der Waals surface area contributed by atoms with Crippen LogP contribution in [0.3, 0.4) is 0 Å². The Morgan fingerprint density at radius 3 is 2.56 bits per heavy atom. The molecular weight excluding hydrogens is 398 g/mol. The molecule has 0 atom stereocenters. The van der Waals surface area contributed by atoms with Gasteiger partial charge in [0.05, 0.1) is 7.11 Å². The van der Waals surface area contributed by atoms with Gasteiger partial charge in [-0.05, 0) is 32.3 Å². The summed E-state index contributed by atoms with van der Waals surface area (Å²) in [6, 6.07) is 12.3. The van der Waals surface area contributed by atoms with Crippen molar-refractivity contribution in [1.29, 1.82) is 0 Å². The Morgan fingerprint density at radius 1 is 1.00 bits per heavy atom. The fourth-order valence-corrected chi connectivity index (χ4v) is 3.71. The molecule has 0 saturated carbocycles. The van der Waals surface area contributed by atoms with E-state index in [1.54, 1.807) is 7.11 Å². The van der Waals surface area contributed by atoms with E-state index in [-0.39, 0.29) is 0 Å². The first kappa shape index (κ1) is 21.6. The van der Waals surface area contributed by atoms with Crippen molar-refractivity contribution in [1.82, 2.24) is 24.8 Å². The highest BCUT2D eigenvalue weighted by atomic mass is 16.5. The summed E-state index contributed by atoms with van der Waals surface area (Å²) in [5.74, 6) is 0.833. The van der Waals surface area contributed by atoms with E-state index in [1.807, 2.05) is 43.0 Å². The number of H-pyrrole nitrogens is 1. The lowest BCUT2D eigenvalue weighted by molar-refractivity contribution is 0.349. The van der Waals surface area contributed by atoms with Crippen LogP contribution in [-0.2, 0) is 0 Å². The van der Waals surface area contributed by atoms with E-state index in [4.69, 9.17) is 4.74 Å². The number of ether oxygens (including phenoxy) is 1. The molecule has 0 aliphatic carbocycles. The molecule has 0 aliphatic heterocycles. The van der Waals surface area contributed by atoms with Crippen molar-refractivity contribution in [3.63, 3.8) is 0 Å². The van der Waals surface area contributed by atoms with E-state index in [9.17, 15) is 0 Å². The molecule has 0 radical (unpaired) electrons. The molecule has 0 bridgehead atoms. The van der Waals surface area contributed by atoms with Crippen molar-refractivity contribution >= 4 is 16.7 Å². The number of para-hydroxylation sites is 1. The molecule has 1 aromatic carbocycles. The fraction of sp³-hybridized carbons (Fsp3) is 0.231. The first-order valence-corrected chi connectivity index (χ1v) is 10.6. The number of nitrogens with one attached hydrogen (secondary N) is 1. The van der Waals surface area contributed by atoms with Crippen molar-refractivity contribution in [2.45, 2.75) is 0 Å². The maximum atomic E-state index is 5.57. The van der Waals surface area contributed by atoms with Crippen molar-refractivity contribution in [2.75, 3.05) is 41.3 Å². The summed E-state index contributed by atoms with van der Waals surface area (Å²) in [6.07, 6.45) is 7.59. The topological polar surface area (TPSA) is 57.3 Å². The molecule has 0 saturated heterocycles. The van der Waals surface area contributed by atoms with Crippen LogP contribution in [0.15, 0.2) is 67.8 Å². The van der Waals surface area contributed by atoms with Crippen LogP contribution in [-0.4, -0.2) is 66.1 Å². The van der Waals surface area contributed by atoms with E-state index in [0.29, 0.717) is 0 Å². The molecule has 0 unspecified atom stereocenters. The van der Waals surface area contributed by atoms with Gasteiger partial charge in [0, 0.05) is 83.8 Å². The average Bonchev–Trinajstić information content (AvgIpc) is 3.25. The summed E-state index contributed by atoms with van der Waals surface area (Å²) in [4.78, 5) is 16.7. The Balaban J connectivity index is 1.69. The number of likely N-dealkylation sites (N-methyl/N-ethyl adjacent to an activating group) is 2. The van der Waals surface area contributed by atoms with Crippen LogP contribution in [0.5, 0.6) is 5.75 Å². The molecular formula is C26H29N5O. The number of methoxy groups -OCH3 is 1. The van der Waals surface area contributed by atoms with Gasteiger partial charge in [-0.1, -0.05) is 24.8 Å². The zero-order valence-corrected chi connectivity index (χ0v) is 19.1. The number of aromatic nitrogens is 3. The third-order valence-electron chi connectivity index (χ3n) is 5.68. The quantitative estimate of drug-likeness (QED) is 0.439. The second-order valence-electron chi connectivity index (χ2n) is 8.16. The Bertz CT molecular complexity index is 1240. The van der Waals surface area contributed by atoms with Crippen molar-refractivity contribution in [3.8, 4) is 28.0 Å². The summed E-state index contributed by atoms with van der Waals surface area (Å²) >= 11 is 0.